The van der Waals surface area contributed by atoms with E-state index in [0.29, 0.717) is 12.8 Å². The first-order chi connectivity index (χ1) is 12.4. The van der Waals surface area contributed by atoms with Crippen LogP contribution < -0.4 is 0 Å². The van der Waals surface area contributed by atoms with Crippen molar-refractivity contribution in [2.24, 2.45) is 5.92 Å². The third-order valence-electron chi connectivity index (χ3n) is 6.52. The van der Waals surface area contributed by atoms with E-state index < -0.39 is 22.7 Å². The van der Waals surface area contributed by atoms with Crippen molar-refractivity contribution < 1.29 is 23.2 Å². The summed E-state index contributed by atoms with van der Waals surface area (Å²) in [5, 5.41) is 0.0629. The first kappa shape index (κ1) is 27.5. The molecule has 0 N–H and O–H groups in total. The van der Waals surface area contributed by atoms with Gasteiger partial charge in [0.1, 0.15) is 12.4 Å². The van der Waals surface area contributed by atoms with E-state index in [1.54, 1.807) is 0 Å². The zero-order valence-electron chi connectivity index (χ0n) is 20.3. The highest BCUT2D eigenvalue weighted by Gasteiger charge is 2.42. The van der Waals surface area contributed by atoms with Crippen LogP contribution in [0.4, 0.5) is 0 Å². The molecular weight excluding hydrogens is 388 g/mol. The summed E-state index contributed by atoms with van der Waals surface area (Å²) in [6.07, 6.45) is 1.25. The summed E-state index contributed by atoms with van der Waals surface area (Å²) in [6, 6.07) is 0. The number of hydrogen-bond acceptors (Lipinski definition) is 5. The smallest absolute Gasteiger partial charge is 0.310 e. The van der Waals surface area contributed by atoms with E-state index >= 15 is 0 Å². The lowest BCUT2D eigenvalue weighted by atomic mass is 9.99. The molecule has 0 amide bonds. The summed E-state index contributed by atoms with van der Waals surface area (Å²) in [4.78, 5) is 23.9. The molecule has 0 aliphatic heterocycles. The summed E-state index contributed by atoms with van der Waals surface area (Å²) < 4.78 is 17.8. The van der Waals surface area contributed by atoms with Crippen molar-refractivity contribution in [2.45, 2.75) is 110 Å². The standard InChI is InChI=1S/C21H44O5Si2/c1-16(19(23)24-8)18(26-28(11,12)21(5,6)7)14-13-17(15-22)25-27(9,10)20(2,3)4/h15-18H,13-14H2,1-12H3/t16-,17+,18-/m0/s1. The summed E-state index contributed by atoms with van der Waals surface area (Å²) in [7, 11) is -2.73. The molecule has 0 aromatic heterocycles. The molecule has 0 aliphatic carbocycles. The van der Waals surface area contributed by atoms with Crippen LogP contribution in [0.5, 0.6) is 0 Å². The van der Waals surface area contributed by atoms with Gasteiger partial charge in [0.2, 0.25) is 0 Å². The van der Waals surface area contributed by atoms with Crippen molar-refractivity contribution in [3.63, 3.8) is 0 Å². The van der Waals surface area contributed by atoms with Crippen LogP contribution in [0, 0.1) is 5.92 Å². The van der Waals surface area contributed by atoms with Crippen molar-refractivity contribution >= 4 is 28.9 Å². The molecule has 0 spiro atoms. The lowest BCUT2D eigenvalue weighted by Gasteiger charge is -2.41. The molecule has 166 valence electrons. The Balaban J connectivity index is 5.38. The Morgan fingerprint density at radius 3 is 1.68 bits per heavy atom. The maximum absolute atomic E-state index is 12.2. The molecule has 0 aromatic carbocycles. The van der Waals surface area contributed by atoms with Gasteiger partial charge < -0.3 is 18.4 Å². The molecule has 0 saturated carbocycles. The Labute approximate surface area is 175 Å². The number of ether oxygens (including phenoxy) is 1. The van der Waals surface area contributed by atoms with Gasteiger partial charge in [-0.3, -0.25) is 4.79 Å². The third-order valence-corrected chi connectivity index (χ3v) is 15.5. The van der Waals surface area contributed by atoms with E-state index in [0.717, 1.165) is 6.29 Å². The Kier molecular flexibility index (Phi) is 9.82. The van der Waals surface area contributed by atoms with Crippen LogP contribution in [0.2, 0.25) is 36.3 Å². The highest BCUT2D eigenvalue weighted by Crippen LogP contribution is 2.40. The summed E-state index contributed by atoms with van der Waals surface area (Å²) in [5.74, 6) is -0.670. The SMILES string of the molecule is COC(=O)[C@@H](C)[C@H](CC[C@H](C=O)O[Si](C)(C)C(C)(C)C)O[Si](C)(C)C(C)(C)C. The molecule has 0 unspecified atom stereocenters. The molecule has 7 heteroatoms. The maximum Gasteiger partial charge on any atom is 0.310 e. The fraction of sp³-hybridized carbons (Fsp3) is 0.905. The van der Waals surface area contributed by atoms with Crippen LogP contribution in [-0.4, -0.2) is 48.2 Å². The zero-order chi connectivity index (χ0) is 22.6. The average Bonchev–Trinajstić information content (AvgIpc) is 2.53. The van der Waals surface area contributed by atoms with Crippen molar-refractivity contribution in [1.82, 2.24) is 0 Å². The summed E-state index contributed by atoms with van der Waals surface area (Å²) in [5.41, 5.74) is 0. The van der Waals surface area contributed by atoms with Gasteiger partial charge in [-0.05, 0) is 56.0 Å². The molecule has 5 nitrogen and oxygen atoms in total. The summed E-state index contributed by atoms with van der Waals surface area (Å²) in [6.45, 7) is 23.5. The Morgan fingerprint density at radius 1 is 0.893 bits per heavy atom. The van der Waals surface area contributed by atoms with Crippen molar-refractivity contribution in [2.75, 3.05) is 7.11 Å². The first-order valence-corrected chi connectivity index (χ1v) is 16.1. The van der Waals surface area contributed by atoms with Gasteiger partial charge in [0.25, 0.3) is 0 Å². The molecule has 0 fully saturated rings. The molecule has 0 rings (SSSR count). The third kappa shape index (κ3) is 7.73. The number of esters is 1. The zero-order valence-corrected chi connectivity index (χ0v) is 22.3. The molecular formula is C21H44O5Si2. The van der Waals surface area contributed by atoms with E-state index in [1.807, 2.05) is 6.92 Å². The van der Waals surface area contributed by atoms with Crippen LogP contribution >= 0.6 is 0 Å². The Morgan fingerprint density at radius 2 is 1.32 bits per heavy atom. The molecule has 0 saturated heterocycles. The molecule has 0 aliphatic rings. The first-order valence-electron chi connectivity index (χ1n) is 10.3. The van der Waals surface area contributed by atoms with Gasteiger partial charge in [0, 0.05) is 0 Å². The normalized spacial score (nSPS) is 17.0. The minimum Gasteiger partial charge on any atom is -0.469 e. The highest BCUT2D eigenvalue weighted by molar-refractivity contribution is 6.74. The number of methoxy groups -OCH3 is 1. The topological polar surface area (TPSA) is 61.8 Å². The van der Waals surface area contributed by atoms with E-state index in [2.05, 4.69) is 67.7 Å². The maximum atomic E-state index is 12.2. The average molecular weight is 433 g/mol. The van der Waals surface area contributed by atoms with Crippen molar-refractivity contribution in [1.29, 1.82) is 0 Å². The fourth-order valence-corrected chi connectivity index (χ4v) is 5.06. The van der Waals surface area contributed by atoms with Crippen LogP contribution in [0.25, 0.3) is 0 Å². The minimum atomic E-state index is -2.08. The summed E-state index contributed by atoms with van der Waals surface area (Å²) >= 11 is 0. The Bertz CT molecular complexity index is 518. The largest absolute Gasteiger partial charge is 0.469 e. The van der Waals surface area contributed by atoms with Gasteiger partial charge in [-0.2, -0.15) is 0 Å². The fourth-order valence-electron chi connectivity index (χ4n) is 2.34. The van der Waals surface area contributed by atoms with Gasteiger partial charge in [0.05, 0.1) is 19.1 Å². The van der Waals surface area contributed by atoms with Crippen molar-refractivity contribution in [3.8, 4) is 0 Å². The van der Waals surface area contributed by atoms with Gasteiger partial charge in [-0.15, -0.1) is 0 Å². The monoisotopic (exact) mass is 432 g/mol. The quantitative estimate of drug-likeness (QED) is 0.257. The lowest BCUT2D eigenvalue weighted by Crippen LogP contribution is -2.47. The van der Waals surface area contributed by atoms with Gasteiger partial charge in [-0.1, -0.05) is 41.5 Å². The van der Waals surface area contributed by atoms with Gasteiger partial charge in [-0.25, -0.2) is 0 Å². The van der Waals surface area contributed by atoms with Gasteiger partial charge in [0.15, 0.2) is 16.6 Å². The second-order valence-corrected chi connectivity index (χ2v) is 20.4. The van der Waals surface area contributed by atoms with E-state index in [1.165, 1.54) is 7.11 Å². The van der Waals surface area contributed by atoms with E-state index in [4.69, 9.17) is 13.6 Å². The highest BCUT2D eigenvalue weighted by atomic mass is 28.4. The number of hydrogen-bond donors (Lipinski definition) is 0. The number of carbonyl (C=O) groups excluding carboxylic acids is 2. The predicted molar refractivity (Wildman–Crippen MR) is 121 cm³/mol. The second kappa shape index (κ2) is 10.0. The van der Waals surface area contributed by atoms with Crippen LogP contribution in [-0.2, 0) is 23.2 Å². The lowest BCUT2D eigenvalue weighted by molar-refractivity contribution is -0.148. The molecule has 0 heterocycles. The molecule has 0 bridgehead atoms. The molecule has 28 heavy (non-hydrogen) atoms. The van der Waals surface area contributed by atoms with Crippen LogP contribution in [0.3, 0.4) is 0 Å². The Hall–Kier alpha value is -0.506. The van der Waals surface area contributed by atoms with E-state index in [-0.39, 0.29) is 28.1 Å². The minimum absolute atomic E-state index is 0.0305. The molecule has 0 aromatic rings. The number of rotatable bonds is 10. The number of carbonyl (C=O) groups is 2. The van der Waals surface area contributed by atoms with Crippen LogP contribution in [0.15, 0.2) is 0 Å². The van der Waals surface area contributed by atoms with Crippen molar-refractivity contribution in [3.05, 3.63) is 0 Å². The van der Waals surface area contributed by atoms with Crippen LogP contribution in [0.1, 0.15) is 61.3 Å². The number of aldehydes is 1. The second-order valence-electron chi connectivity index (χ2n) is 10.9. The van der Waals surface area contributed by atoms with E-state index in [9.17, 15) is 9.59 Å². The van der Waals surface area contributed by atoms with Gasteiger partial charge >= 0.3 is 5.97 Å². The molecule has 0 radical (unpaired) electrons. The molecule has 3 atom stereocenters. The predicted octanol–water partition coefficient (Wildman–Crippen LogP) is 5.56.